The number of hydrogen-bond acceptors (Lipinski definition) is 2. The van der Waals surface area contributed by atoms with E-state index in [-0.39, 0.29) is 11.9 Å². The molecule has 0 aliphatic heterocycles. The third-order valence-corrected chi connectivity index (χ3v) is 2.37. The third kappa shape index (κ3) is 3.93. The van der Waals surface area contributed by atoms with Crippen LogP contribution in [0.25, 0.3) is 0 Å². The van der Waals surface area contributed by atoms with Gasteiger partial charge in [-0.1, -0.05) is 19.1 Å². The van der Waals surface area contributed by atoms with Crippen LogP contribution in [-0.2, 0) is 6.18 Å². The molecule has 1 aromatic carbocycles. The van der Waals surface area contributed by atoms with Gasteiger partial charge in [-0.15, -0.1) is 0 Å². The van der Waals surface area contributed by atoms with E-state index in [2.05, 4.69) is 5.32 Å². The molecule has 5 heteroatoms. The summed E-state index contributed by atoms with van der Waals surface area (Å²) in [5.74, 6) is -0.109. The topological polar surface area (TPSA) is 21.3 Å². The number of benzene rings is 1. The third-order valence-electron chi connectivity index (χ3n) is 2.37. The second-order valence-corrected chi connectivity index (χ2v) is 3.70. The smallest absolute Gasteiger partial charge is 0.419 e. The van der Waals surface area contributed by atoms with Crippen LogP contribution in [0.2, 0.25) is 0 Å². The second-order valence-electron chi connectivity index (χ2n) is 3.70. The molecule has 2 nitrogen and oxygen atoms in total. The molecule has 1 atom stereocenters. The van der Waals surface area contributed by atoms with Crippen LogP contribution in [0.4, 0.5) is 13.2 Å². The molecule has 0 saturated heterocycles. The highest BCUT2D eigenvalue weighted by molar-refractivity contribution is 5.35. The normalized spacial score (nSPS) is 13.5. The predicted octanol–water partition coefficient (Wildman–Crippen LogP) is 3.08. The fourth-order valence-electron chi connectivity index (χ4n) is 1.48. The fraction of sp³-hybridized carbons (Fsp3) is 0.500. The molecule has 1 unspecified atom stereocenters. The predicted molar refractivity (Wildman–Crippen MR) is 60.1 cm³/mol. The molecule has 0 aliphatic carbocycles. The summed E-state index contributed by atoms with van der Waals surface area (Å²) in [6.07, 6.45) is -4.00. The average Bonchev–Trinajstić information content (AvgIpc) is 2.27. The maximum absolute atomic E-state index is 12.7. The zero-order valence-electron chi connectivity index (χ0n) is 9.84. The molecule has 96 valence electrons. The van der Waals surface area contributed by atoms with E-state index in [0.717, 1.165) is 6.07 Å². The van der Waals surface area contributed by atoms with Crippen molar-refractivity contribution >= 4 is 0 Å². The number of likely N-dealkylation sites (N-methyl/N-ethyl adjacent to an activating group) is 1. The van der Waals surface area contributed by atoms with Crippen LogP contribution in [-0.4, -0.2) is 19.7 Å². The van der Waals surface area contributed by atoms with Gasteiger partial charge in [0.25, 0.3) is 0 Å². The summed E-state index contributed by atoms with van der Waals surface area (Å²) in [5.41, 5.74) is -0.727. The van der Waals surface area contributed by atoms with Gasteiger partial charge in [-0.25, -0.2) is 0 Å². The molecule has 0 bridgehead atoms. The van der Waals surface area contributed by atoms with Crippen molar-refractivity contribution in [3.05, 3.63) is 29.8 Å². The van der Waals surface area contributed by atoms with Gasteiger partial charge in [-0.2, -0.15) is 13.2 Å². The van der Waals surface area contributed by atoms with Crippen LogP contribution in [0.3, 0.4) is 0 Å². The molecule has 0 aliphatic rings. The molecule has 0 aromatic heterocycles. The number of halogens is 3. The van der Waals surface area contributed by atoms with Crippen LogP contribution in [0.5, 0.6) is 5.75 Å². The summed E-state index contributed by atoms with van der Waals surface area (Å²) >= 11 is 0. The Morgan fingerprint density at radius 2 is 1.94 bits per heavy atom. The summed E-state index contributed by atoms with van der Waals surface area (Å²) in [6, 6.07) is 5.27. The van der Waals surface area contributed by atoms with E-state index in [4.69, 9.17) is 4.74 Å². The molecule has 0 radical (unpaired) electrons. The second kappa shape index (κ2) is 5.91. The molecular formula is C12H16F3NO. The Balaban J connectivity index is 2.90. The van der Waals surface area contributed by atoms with Crippen LogP contribution < -0.4 is 10.1 Å². The van der Waals surface area contributed by atoms with Gasteiger partial charge in [-0.3, -0.25) is 0 Å². The Labute approximate surface area is 98.8 Å². The number of nitrogens with one attached hydrogen (secondary N) is 1. The summed E-state index contributed by atoms with van der Waals surface area (Å²) in [7, 11) is 1.74. The molecule has 0 saturated carbocycles. The molecule has 0 fully saturated rings. The van der Waals surface area contributed by atoms with E-state index in [1.54, 1.807) is 7.05 Å². The largest absolute Gasteiger partial charge is 0.488 e. The van der Waals surface area contributed by atoms with Crippen LogP contribution in [0.15, 0.2) is 24.3 Å². The van der Waals surface area contributed by atoms with Gasteiger partial charge < -0.3 is 10.1 Å². The monoisotopic (exact) mass is 247 g/mol. The fourth-order valence-corrected chi connectivity index (χ4v) is 1.48. The lowest BCUT2D eigenvalue weighted by molar-refractivity contribution is -0.139. The molecule has 0 heterocycles. The van der Waals surface area contributed by atoms with Gasteiger partial charge in [0.2, 0.25) is 0 Å². The van der Waals surface area contributed by atoms with Gasteiger partial charge in [-0.05, 0) is 25.6 Å². The minimum absolute atomic E-state index is 0.109. The Morgan fingerprint density at radius 1 is 1.29 bits per heavy atom. The number of para-hydroxylation sites is 1. The summed E-state index contributed by atoms with van der Waals surface area (Å²) < 4.78 is 43.5. The van der Waals surface area contributed by atoms with Crippen LogP contribution >= 0.6 is 0 Å². The first-order valence-electron chi connectivity index (χ1n) is 5.46. The van der Waals surface area contributed by atoms with Crippen molar-refractivity contribution in [2.75, 3.05) is 13.6 Å². The van der Waals surface area contributed by atoms with Gasteiger partial charge in [0.05, 0.1) is 5.56 Å². The average molecular weight is 247 g/mol. The molecule has 17 heavy (non-hydrogen) atoms. The number of ether oxygens (including phenoxy) is 1. The van der Waals surface area contributed by atoms with Crippen molar-refractivity contribution in [1.82, 2.24) is 5.32 Å². The van der Waals surface area contributed by atoms with Crippen molar-refractivity contribution < 1.29 is 17.9 Å². The molecule has 1 aromatic rings. The van der Waals surface area contributed by atoms with Crippen LogP contribution in [0, 0.1) is 0 Å². The van der Waals surface area contributed by atoms with E-state index in [1.165, 1.54) is 18.2 Å². The lowest BCUT2D eigenvalue weighted by Gasteiger charge is -2.20. The molecule has 1 rings (SSSR count). The number of rotatable bonds is 5. The summed E-state index contributed by atoms with van der Waals surface area (Å²) in [4.78, 5) is 0. The van der Waals surface area contributed by atoms with Gasteiger partial charge in [0.15, 0.2) is 0 Å². The van der Waals surface area contributed by atoms with Gasteiger partial charge in [0.1, 0.15) is 11.9 Å². The lowest BCUT2D eigenvalue weighted by atomic mass is 10.2. The first-order chi connectivity index (χ1) is 7.99. The Kier molecular flexibility index (Phi) is 4.81. The minimum Gasteiger partial charge on any atom is -0.488 e. The van der Waals surface area contributed by atoms with Crippen molar-refractivity contribution in [2.45, 2.75) is 25.6 Å². The van der Waals surface area contributed by atoms with E-state index < -0.39 is 11.7 Å². The highest BCUT2D eigenvalue weighted by Gasteiger charge is 2.34. The Morgan fingerprint density at radius 3 is 2.47 bits per heavy atom. The minimum atomic E-state index is -4.38. The summed E-state index contributed by atoms with van der Waals surface area (Å²) in [6.45, 7) is 2.39. The maximum Gasteiger partial charge on any atom is 0.419 e. The van der Waals surface area contributed by atoms with Crippen molar-refractivity contribution in [1.29, 1.82) is 0 Å². The Hall–Kier alpha value is -1.23. The van der Waals surface area contributed by atoms with Gasteiger partial charge >= 0.3 is 6.18 Å². The summed E-state index contributed by atoms with van der Waals surface area (Å²) in [5, 5.41) is 2.89. The van der Waals surface area contributed by atoms with E-state index in [9.17, 15) is 13.2 Å². The quantitative estimate of drug-likeness (QED) is 0.863. The number of alkyl halides is 3. The highest BCUT2D eigenvalue weighted by atomic mass is 19.4. The SMILES string of the molecule is CCC(CNC)Oc1ccccc1C(F)(F)F. The molecule has 0 spiro atoms. The number of hydrogen-bond donors (Lipinski definition) is 1. The first-order valence-corrected chi connectivity index (χ1v) is 5.46. The molecule has 1 N–H and O–H groups in total. The molecular weight excluding hydrogens is 231 g/mol. The van der Waals surface area contributed by atoms with E-state index in [0.29, 0.717) is 13.0 Å². The Bertz CT molecular complexity index is 352. The van der Waals surface area contributed by atoms with E-state index in [1.807, 2.05) is 6.92 Å². The van der Waals surface area contributed by atoms with E-state index >= 15 is 0 Å². The van der Waals surface area contributed by atoms with Crippen molar-refractivity contribution in [2.24, 2.45) is 0 Å². The van der Waals surface area contributed by atoms with Gasteiger partial charge in [0, 0.05) is 6.54 Å². The standard InChI is InChI=1S/C12H16F3NO/c1-3-9(8-16-2)17-11-7-5-4-6-10(11)12(13,14)15/h4-7,9,16H,3,8H2,1-2H3. The molecule has 0 amide bonds. The first kappa shape index (κ1) is 13.8. The van der Waals surface area contributed by atoms with Crippen LogP contribution in [0.1, 0.15) is 18.9 Å². The van der Waals surface area contributed by atoms with Crippen molar-refractivity contribution in [3.8, 4) is 5.75 Å². The highest BCUT2D eigenvalue weighted by Crippen LogP contribution is 2.36. The zero-order chi connectivity index (χ0) is 12.9. The van der Waals surface area contributed by atoms with Crippen molar-refractivity contribution in [3.63, 3.8) is 0 Å². The maximum atomic E-state index is 12.7. The zero-order valence-corrected chi connectivity index (χ0v) is 9.84. The lowest BCUT2D eigenvalue weighted by Crippen LogP contribution is -2.29.